The Balaban J connectivity index is 0.000000342. The van der Waals surface area contributed by atoms with Crippen molar-refractivity contribution in [1.82, 2.24) is 20.0 Å². The summed E-state index contributed by atoms with van der Waals surface area (Å²) in [6.45, 7) is 7.92. The number of fused-ring (bicyclic) bond motifs is 3. The summed E-state index contributed by atoms with van der Waals surface area (Å²) in [5.41, 5.74) is 0.311. The Morgan fingerprint density at radius 3 is 2.05 bits per heavy atom. The van der Waals surface area contributed by atoms with Crippen LogP contribution in [0.3, 0.4) is 0 Å². The van der Waals surface area contributed by atoms with Crippen molar-refractivity contribution in [2.45, 2.75) is 95.4 Å². The third kappa shape index (κ3) is 6.86. The normalized spacial score (nSPS) is 23.0. The first kappa shape index (κ1) is 29.5. The minimum Gasteiger partial charge on any atom is -0.479 e. The molecule has 0 radical (unpaired) electrons. The first-order valence-corrected chi connectivity index (χ1v) is 12.7. The predicted octanol–water partition coefficient (Wildman–Crippen LogP) is 1.97. The van der Waals surface area contributed by atoms with Gasteiger partial charge in [-0.2, -0.15) is 5.10 Å². The standard InChI is InChI=1S/C22H31FN4O.C4H6O6/c1-14(2)27-19-8-6-5-7-18(19)20(25-27)21(28)24-15-11-16-9-10-17(12-15)26(16)13-22(3,4)23;5-1(3(7)8)2(6)4(9)10/h5-8,14-17H,9-13H2,1-4H3,(H,24,28);1-2,5-6H,(H,7,8)(H,9,10). The first-order valence-electron chi connectivity index (χ1n) is 12.7. The van der Waals surface area contributed by atoms with Gasteiger partial charge in [0.05, 0.1) is 5.52 Å². The van der Waals surface area contributed by atoms with Gasteiger partial charge in [-0.1, -0.05) is 18.2 Å². The average molecular weight is 537 g/mol. The molecule has 1 aromatic heterocycles. The van der Waals surface area contributed by atoms with E-state index in [2.05, 4.69) is 29.2 Å². The van der Waals surface area contributed by atoms with Gasteiger partial charge in [-0.3, -0.25) is 14.4 Å². The van der Waals surface area contributed by atoms with E-state index in [0.29, 0.717) is 24.3 Å². The molecular formula is C26H37FN4O7. The number of hydrogen-bond acceptors (Lipinski definition) is 7. The summed E-state index contributed by atoms with van der Waals surface area (Å²) in [6, 6.07) is 8.95. The molecule has 210 valence electrons. The van der Waals surface area contributed by atoms with Gasteiger partial charge < -0.3 is 25.7 Å². The second kappa shape index (κ2) is 11.7. The predicted molar refractivity (Wildman–Crippen MR) is 137 cm³/mol. The summed E-state index contributed by atoms with van der Waals surface area (Å²) >= 11 is 0. The number of rotatable bonds is 8. The number of carbonyl (C=O) groups is 3. The Bertz CT molecular complexity index is 1130. The van der Waals surface area contributed by atoms with E-state index in [-0.39, 0.29) is 18.0 Å². The highest BCUT2D eigenvalue weighted by Gasteiger charge is 2.43. The lowest BCUT2D eigenvalue weighted by molar-refractivity contribution is -0.165. The lowest BCUT2D eigenvalue weighted by Gasteiger charge is -2.41. The van der Waals surface area contributed by atoms with Gasteiger partial charge in [0.15, 0.2) is 17.9 Å². The Hall–Kier alpha value is -3.09. The highest BCUT2D eigenvalue weighted by Crippen LogP contribution is 2.37. The number of aromatic nitrogens is 2. The number of nitrogens with one attached hydrogen (secondary N) is 1. The topological polar surface area (TPSA) is 165 Å². The van der Waals surface area contributed by atoms with Crippen LogP contribution in [0, 0.1) is 0 Å². The van der Waals surface area contributed by atoms with Crippen LogP contribution in [0.2, 0.25) is 0 Å². The average Bonchev–Trinajstić information content (AvgIpc) is 3.31. The van der Waals surface area contributed by atoms with Crippen molar-refractivity contribution in [1.29, 1.82) is 0 Å². The molecule has 0 aliphatic carbocycles. The van der Waals surface area contributed by atoms with E-state index in [9.17, 15) is 18.8 Å². The fraction of sp³-hybridized carbons (Fsp3) is 0.615. The fourth-order valence-corrected chi connectivity index (χ4v) is 5.26. The van der Waals surface area contributed by atoms with Gasteiger partial charge in [-0.05, 0) is 59.4 Å². The minimum atomic E-state index is -2.27. The molecule has 12 heteroatoms. The van der Waals surface area contributed by atoms with Gasteiger partial charge >= 0.3 is 11.9 Å². The van der Waals surface area contributed by atoms with E-state index in [0.717, 1.165) is 36.6 Å². The van der Waals surface area contributed by atoms with Crippen LogP contribution in [-0.2, 0) is 9.59 Å². The number of alkyl halides is 1. The lowest BCUT2D eigenvalue weighted by atomic mass is 9.95. The van der Waals surface area contributed by atoms with E-state index in [1.54, 1.807) is 13.8 Å². The van der Waals surface area contributed by atoms with Gasteiger partial charge in [0, 0.05) is 36.1 Å². The van der Waals surface area contributed by atoms with E-state index < -0.39 is 29.8 Å². The van der Waals surface area contributed by atoms with Crippen LogP contribution in [0.25, 0.3) is 10.9 Å². The molecule has 11 nitrogen and oxygen atoms in total. The third-order valence-corrected chi connectivity index (χ3v) is 6.90. The number of nitrogens with zero attached hydrogens (tertiary/aromatic N) is 3. The van der Waals surface area contributed by atoms with Crippen molar-refractivity contribution < 1.29 is 39.2 Å². The third-order valence-electron chi connectivity index (χ3n) is 6.90. The molecule has 1 amide bonds. The Morgan fingerprint density at radius 1 is 1.05 bits per heavy atom. The summed E-state index contributed by atoms with van der Waals surface area (Å²) in [4.78, 5) is 34.9. The molecule has 5 N–H and O–H groups in total. The number of hydrogen-bond donors (Lipinski definition) is 5. The van der Waals surface area contributed by atoms with Gasteiger partial charge in [0.2, 0.25) is 0 Å². The van der Waals surface area contributed by atoms with Crippen LogP contribution >= 0.6 is 0 Å². The maximum absolute atomic E-state index is 14.2. The van der Waals surface area contributed by atoms with Crippen LogP contribution in [0.5, 0.6) is 0 Å². The molecule has 38 heavy (non-hydrogen) atoms. The zero-order chi connectivity index (χ0) is 28.4. The first-order chi connectivity index (χ1) is 17.7. The summed E-state index contributed by atoms with van der Waals surface area (Å²) in [7, 11) is 0. The van der Waals surface area contributed by atoms with Gasteiger partial charge in [-0.15, -0.1) is 0 Å². The number of carboxylic acid groups (broad SMARTS) is 2. The zero-order valence-electron chi connectivity index (χ0n) is 22.0. The second-order valence-corrected chi connectivity index (χ2v) is 10.9. The van der Waals surface area contributed by atoms with Crippen LogP contribution in [-0.4, -0.2) is 95.5 Å². The summed E-state index contributed by atoms with van der Waals surface area (Å²) in [6.07, 6.45) is -0.562. The van der Waals surface area contributed by atoms with E-state index >= 15 is 0 Å². The largest absolute Gasteiger partial charge is 0.479 e. The highest BCUT2D eigenvalue weighted by molar-refractivity contribution is 6.05. The van der Waals surface area contributed by atoms with Crippen molar-refractivity contribution >= 4 is 28.7 Å². The molecule has 4 rings (SSSR count). The number of amides is 1. The molecule has 0 saturated carbocycles. The summed E-state index contributed by atoms with van der Waals surface area (Å²) in [5.74, 6) is -3.64. The maximum atomic E-state index is 14.2. The molecular weight excluding hydrogens is 499 g/mol. The van der Waals surface area contributed by atoms with Crippen molar-refractivity contribution in [2.24, 2.45) is 0 Å². The van der Waals surface area contributed by atoms with Crippen LogP contribution in [0.1, 0.15) is 69.9 Å². The molecule has 2 aliphatic heterocycles. The lowest BCUT2D eigenvalue weighted by Crippen LogP contribution is -2.53. The van der Waals surface area contributed by atoms with Crippen LogP contribution in [0.4, 0.5) is 4.39 Å². The van der Waals surface area contributed by atoms with E-state index in [1.165, 1.54) is 0 Å². The van der Waals surface area contributed by atoms with Gasteiger partial charge in [-0.25, -0.2) is 14.0 Å². The van der Waals surface area contributed by atoms with Crippen molar-refractivity contribution in [3.8, 4) is 0 Å². The molecule has 3 heterocycles. The molecule has 2 aromatic rings. The number of aliphatic hydroxyl groups excluding tert-OH is 2. The quantitative estimate of drug-likeness (QED) is 0.339. The number of carboxylic acids is 2. The smallest absolute Gasteiger partial charge is 0.335 e. The number of para-hydroxylation sites is 1. The number of aliphatic carboxylic acids is 2. The fourth-order valence-electron chi connectivity index (χ4n) is 5.26. The number of piperidine rings is 1. The van der Waals surface area contributed by atoms with E-state index in [4.69, 9.17) is 20.4 Å². The number of carbonyl (C=O) groups excluding carboxylic acids is 1. The summed E-state index contributed by atoms with van der Waals surface area (Å²) < 4.78 is 16.1. The van der Waals surface area contributed by atoms with Gasteiger partial charge in [0.25, 0.3) is 5.91 Å². The molecule has 1 aromatic carbocycles. The number of aliphatic hydroxyl groups is 2. The highest BCUT2D eigenvalue weighted by atomic mass is 19.1. The molecule has 2 saturated heterocycles. The molecule has 4 atom stereocenters. The Morgan fingerprint density at radius 2 is 1.58 bits per heavy atom. The van der Waals surface area contributed by atoms with Crippen LogP contribution in [0.15, 0.2) is 24.3 Å². The maximum Gasteiger partial charge on any atom is 0.335 e. The van der Waals surface area contributed by atoms with Crippen molar-refractivity contribution in [3.05, 3.63) is 30.0 Å². The Labute approximate surface area is 220 Å². The number of benzene rings is 1. The summed E-state index contributed by atoms with van der Waals surface area (Å²) in [5, 5.41) is 41.3. The SMILES string of the molecule is CC(C)n1nc(C(=O)NC2CC3CCC(C2)N3CC(C)(C)F)c2ccccc21.O=C(O)C(O)C(O)C(=O)O. The molecule has 4 unspecified atom stereocenters. The zero-order valence-corrected chi connectivity index (χ0v) is 22.0. The minimum absolute atomic E-state index is 0.0979. The monoisotopic (exact) mass is 536 g/mol. The molecule has 2 bridgehead atoms. The molecule has 0 spiro atoms. The second-order valence-electron chi connectivity index (χ2n) is 10.9. The molecule has 2 fully saturated rings. The molecule has 2 aliphatic rings. The van der Waals surface area contributed by atoms with E-state index in [1.807, 2.05) is 28.9 Å². The van der Waals surface area contributed by atoms with Gasteiger partial charge in [0.1, 0.15) is 5.67 Å². The van der Waals surface area contributed by atoms with Crippen molar-refractivity contribution in [3.63, 3.8) is 0 Å². The number of halogens is 1. The van der Waals surface area contributed by atoms with Crippen LogP contribution < -0.4 is 5.32 Å². The Kier molecular flexibility index (Phi) is 9.11. The van der Waals surface area contributed by atoms with Crippen molar-refractivity contribution in [2.75, 3.05) is 6.54 Å².